The summed E-state index contributed by atoms with van der Waals surface area (Å²) in [4.78, 5) is 2.15. The van der Waals surface area contributed by atoms with E-state index in [0.717, 1.165) is 30.8 Å². The summed E-state index contributed by atoms with van der Waals surface area (Å²) in [5, 5.41) is 0. The number of likely N-dealkylation sites (tertiary alicyclic amines) is 1. The van der Waals surface area contributed by atoms with Gasteiger partial charge in [-0.15, -0.1) is 0 Å². The van der Waals surface area contributed by atoms with Crippen molar-refractivity contribution >= 4 is 0 Å². The number of hydrogen-bond donors (Lipinski definition) is 0. The van der Waals surface area contributed by atoms with E-state index in [1.165, 1.54) is 5.56 Å². The van der Waals surface area contributed by atoms with Crippen LogP contribution in [0.5, 0.6) is 5.75 Å². The third-order valence-corrected chi connectivity index (χ3v) is 4.09. The third kappa shape index (κ3) is 3.35. The van der Waals surface area contributed by atoms with Crippen LogP contribution >= 0.6 is 0 Å². The number of ether oxygens (including phenoxy) is 2. The number of para-hydroxylation sites is 1. The van der Waals surface area contributed by atoms with Gasteiger partial charge in [0.15, 0.2) is 0 Å². The van der Waals surface area contributed by atoms with E-state index in [-0.39, 0.29) is 11.7 Å². The molecule has 0 aliphatic carbocycles. The molecule has 5 heteroatoms. The van der Waals surface area contributed by atoms with Crippen LogP contribution in [-0.2, 0) is 17.7 Å². The molecule has 0 aromatic heterocycles. The van der Waals surface area contributed by atoms with Crippen molar-refractivity contribution in [3.8, 4) is 5.75 Å². The molecule has 0 amide bonds. The molecule has 0 spiro atoms. The van der Waals surface area contributed by atoms with E-state index >= 15 is 0 Å². The fourth-order valence-electron chi connectivity index (χ4n) is 3.24. The molecule has 1 atom stereocenters. The lowest BCUT2D eigenvalue weighted by molar-refractivity contribution is -0.158. The Labute approximate surface area is 123 Å². The maximum absolute atomic E-state index is 12.2. The van der Waals surface area contributed by atoms with Gasteiger partial charge in [-0.3, -0.25) is 4.90 Å². The minimum atomic E-state index is -2.68. The van der Waals surface area contributed by atoms with E-state index in [9.17, 15) is 8.78 Å². The van der Waals surface area contributed by atoms with Gasteiger partial charge in [0.05, 0.1) is 6.10 Å². The number of fused-ring (bicyclic) bond motifs is 1. The Morgan fingerprint density at radius 1 is 1.43 bits per heavy atom. The predicted molar refractivity (Wildman–Crippen MR) is 75.6 cm³/mol. The van der Waals surface area contributed by atoms with Gasteiger partial charge in [0.2, 0.25) is 0 Å². The highest BCUT2D eigenvalue weighted by Gasteiger charge is 2.33. The average Bonchev–Trinajstić information content (AvgIpc) is 2.92. The maximum Gasteiger partial charge on any atom is 0.345 e. The number of hydrogen-bond acceptors (Lipinski definition) is 3. The van der Waals surface area contributed by atoms with Crippen molar-refractivity contribution in [2.45, 2.75) is 51.6 Å². The summed E-state index contributed by atoms with van der Waals surface area (Å²) < 4.78 is 35.1. The van der Waals surface area contributed by atoms with E-state index in [2.05, 4.69) is 35.6 Å². The fraction of sp³-hybridized carbons (Fsp3) is 0.625. The van der Waals surface area contributed by atoms with E-state index in [1.54, 1.807) is 0 Å². The van der Waals surface area contributed by atoms with Crippen LogP contribution in [-0.4, -0.2) is 36.3 Å². The van der Waals surface area contributed by atoms with Crippen LogP contribution in [0.4, 0.5) is 8.78 Å². The van der Waals surface area contributed by atoms with Crippen LogP contribution in [0.25, 0.3) is 0 Å². The highest BCUT2D eigenvalue weighted by Crippen LogP contribution is 2.38. The molecule has 3 rings (SSSR count). The zero-order chi connectivity index (χ0) is 15.0. The number of alkyl halides is 2. The SMILES string of the molecule is CC1(C)Cc2cccc(CN3CC[C@H](OC(F)F)C3)c2O1. The molecule has 0 N–H and O–H groups in total. The molecule has 1 aromatic carbocycles. The van der Waals surface area contributed by atoms with E-state index in [1.807, 2.05) is 6.07 Å². The molecule has 0 bridgehead atoms. The lowest BCUT2D eigenvalue weighted by Crippen LogP contribution is -2.26. The van der Waals surface area contributed by atoms with Gasteiger partial charge >= 0.3 is 6.61 Å². The molecule has 3 nitrogen and oxygen atoms in total. The lowest BCUT2D eigenvalue weighted by atomic mass is 10.0. The summed E-state index contributed by atoms with van der Waals surface area (Å²) in [5.74, 6) is 0.973. The van der Waals surface area contributed by atoms with Crippen molar-refractivity contribution in [2.75, 3.05) is 13.1 Å². The standard InChI is InChI=1S/C16H21F2NO2/c1-16(2)8-11-4-3-5-12(14(11)21-16)9-19-7-6-13(10-19)20-15(17)18/h3-5,13,15H,6-10H2,1-2H3/t13-/m0/s1. The number of benzene rings is 1. The number of nitrogens with zero attached hydrogens (tertiary/aromatic N) is 1. The summed E-state index contributed by atoms with van der Waals surface area (Å²) in [6.45, 7) is 3.54. The van der Waals surface area contributed by atoms with Crippen molar-refractivity contribution in [3.63, 3.8) is 0 Å². The van der Waals surface area contributed by atoms with Crippen molar-refractivity contribution in [2.24, 2.45) is 0 Å². The Bertz CT molecular complexity index is 519. The molecule has 21 heavy (non-hydrogen) atoms. The predicted octanol–water partition coefficient (Wildman–Crippen LogP) is 3.21. The highest BCUT2D eigenvalue weighted by molar-refractivity contribution is 5.45. The van der Waals surface area contributed by atoms with Crippen molar-refractivity contribution < 1.29 is 18.3 Å². The first kappa shape index (κ1) is 14.7. The minimum Gasteiger partial charge on any atom is -0.487 e. The molecule has 0 saturated carbocycles. The first-order valence-corrected chi connectivity index (χ1v) is 7.39. The molecule has 2 aliphatic rings. The van der Waals surface area contributed by atoms with Gasteiger partial charge in [0.25, 0.3) is 0 Å². The van der Waals surface area contributed by atoms with Gasteiger partial charge in [-0.05, 0) is 25.8 Å². The Morgan fingerprint density at radius 3 is 3.00 bits per heavy atom. The topological polar surface area (TPSA) is 21.7 Å². The molecule has 2 heterocycles. The summed E-state index contributed by atoms with van der Waals surface area (Å²) in [7, 11) is 0. The van der Waals surface area contributed by atoms with Crippen LogP contribution < -0.4 is 4.74 Å². The van der Waals surface area contributed by atoms with Crippen LogP contribution in [0.15, 0.2) is 18.2 Å². The average molecular weight is 297 g/mol. The second-order valence-electron chi connectivity index (χ2n) is 6.49. The van der Waals surface area contributed by atoms with Gasteiger partial charge in [0.1, 0.15) is 11.4 Å². The summed E-state index contributed by atoms with van der Waals surface area (Å²) >= 11 is 0. The van der Waals surface area contributed by atoms with Crippen LogP contribution in [0.3, 0.4) is 0 Å². The Hall–Kier alpha value is -1.20. The second kappa shape index (κ2) is 5.54. The maximum atomic E-state index is 12.2. The van der Waals surface area contributed by atoms with E-state index in [0.29, 0.717) is 13.0 Å². The van der Waals surface area contributed by atoms with Crippen molar-refractivity contribution in [1.82, 2.24) is 4.90 Å². The Morgan fingerprint density at radius 2 is 2.24 bits per heavy atom. The Balaban J connectivity index is 1.67. The summed E-state index contributed by atoms with van der Waals surface area (Å²) in [6, 6.07) is 6.20. The molecule has 1 fully saturated rings. The second-order valence-corrected chi connectivity index (χ2v) is 6.49. The number of rotatable bonds is 4. The quantitative estimate of drug-likeness (QED) is 0.852. The van der Waals surface area contributed by atoms with Gasteiger partial charge in [0, 0.05) is 31.6 Å². The molecule has 0 unspecified atom stereocenters. The molecular weight excluding hydrogens is 276 g/mol. The zero-order valence-corrected chi connectivity index (χ0v) is 12.4. The molecule has 116 valence electrons. The largest absolute Gasteiger partial charge is 0.487 e. The molecular formula is C16H21F2NO2. The first-order valence-electron chi connectivity index (χ1n) is 7.39. The first-order chi connectivity index (χ1) is 9.93. The monoisotopic (exact) mass is 297 g/mol. The summed E-state index contributed by atoms with van der Waals surface area (Å²) in [5.41, 5.74) is 2.21. The van der Waals surface area contributed by atoms with E-state index in [4.69, 9.17) is 4.74 Å². The van der Waals surface area contributed by atoms with Gasteiger partial charge < -0.3 is 9.47 Å². The van der Waals surface area contributed by atoms with Crippen LogP contribution in [0.2, 0.25) is 0 Å². The van der Waals surface area contributed by atoms with Gasteiger partial charge in [-0.2, -0.15) is 8.78 Å². The molecule has 0 radical (unpaired) electrons. The molecule has 1 saturated heterocycles. The van der Waals surface area contributed by atoms with Crippen LogP contribution in [0, 0.1) is 0 Å². The molecule has 2 aliphatic heterocycles. The van der Waals surface area contributed by atoms with E-state index < -0.39 is 6.61 Å². The third-order valence-electron chi connectivity index (χ3n) is 4.09. The molecule has 1 aromatic rings. The van der Waals surface area contributed by atoms with Crippen molar-refractivity contribution in [1.29, 1.82) is 0 Å². The van der Waals surface area contributed by atoms with Gasteiger partial charge in [-0.25, -0.2) is 0 Å². The Kier molecular flexibility index (Phi) is 3.88. The van der Waals surface area contributed by atoms with Crippen molar-refractivity contribution in [3.05, 3.63) is 29.3 Å². The lowest BCUT2D eigenvalue weighted by Gasteiger charge is -2.20. The van der Waals surface area contributed by atoms with Gasteiger partial charge in [-0.1, -0.05) is 18.2 Å². The fourth-order valence-corrected chi connectivity index (χ4v) is 3.24. The summed E-state index contributed by atoms with van der Waals surface area (Å²) in [6.07, 6.45) is 1.21. The highest BCUT2D eigenvalue weighted by atomic mass is 19.3. The van der Waals surface area contributed by atoms with Crippen LogP contribution in [0.1, 0.15) is 31.4 Å². The smallest absolute Gasteiger partial charge is 0.345 e. The normalized spacial score (nSPS) is 24.3. The number of halogens is 2. The zero-order valence-electron chi connectivity index (χ0n) is 12.4. The minimum absolute atomic E-state index is 0.162.